The summed E-state index contributed by atoms with van der Waals surface area (Å²) in [5.41, 5.74) is 2.49. The molecule has 100 valence electrons. The molecule has 0 amide bonds. The van der Waals surface area contributed by atoms with Crippen LogP contribution in [0.5, 0.6) is 0 Å². The highest BCUT2D eigenvalue weighted by atomic mass is 16.5. The molecule has 0 N–H and O–H groups in total. The lowest BCUT2D eigenvalue weighted by Crippen LogP contribution is -2.13. The summed E-state index contributed by atoms with van der Waals surface area (Å²) >= 11 is 0. The number of aromatic nitrogens is 3. The third-order valence-electron chi connectivity index (χ3n) is 3.06. The molecule has 0 aliphatic heterocycles. The van der Waals surface area contributed by atoms with Crippen LogP contribution in [0.1, 0.15) is 0 Å². The maximum Gasteiger partial charge on any atom is 0.327 e. The second kappa shape index (κ2) is 5.13. The Balaban J connectivity index is 2.16. The SMILES string of the molecule is COC(=O)Cn1nc(-c2ccccc2)c2cccnc21. The van der Waals surface area contributed by atoms with E-state index in [0.717, 1.165) is 16.6 Å². The zero-order valence-electron chi connectivity index (χ0n) is 11.0. The molecule has 0 spiro atoms. The summed E-state index contributed by atoms with van der Waals surface area (Å²) in [6, 6.07) is 13.6. The molecule has 0 saturated carbocycles. The van der Waals surface area contributed by atoms with Crippen molar-refractivity contribution in [1.82, 2.24) is 14.8 Å². The second-order valence-electron chi connectivity index (χ2n) is 4.32. The molecular formula is C15H13N3O2. The van der Waals surface area contributed by atoms with Crippen molar-refractivity contribution in [3.05, 3.63) is 48.7 Å². The van der Waals surface area contributed by atoms with E-state index in [2.05, 4.69) is 10.1 Å². The van der Waals surface area contributed by atoms with Crippen LogP contribution in [0.25, 0.3) is 22.3 Å². The summed E-state index contributed by atoms with van der Waals surface area (Å²) in [4.78, 5) is 15.8. The third kappa shape index (κ3) is 2.14. The minimum absolute atomic E-state index is 0.0524. The number of benzene rings is 1. The molecule has 2 heterocycles. The first-order chi connectivity index (χ1) is 9.79. The second-order valence-corrected chi connectivity index (χ2v) is 4.32. The van der Waals surface area contributed by atoms with E-state index in [1.54, 1.807) is 10.9 Å². The molecule has 0 aliphatic carbocycles. The van der Waals surface area contributed by atoms with Crippen molar-refractivity contribution >= 4 is 17.0 Å². The van der Waals surface area contributed by atoms with Crippen LogP contribution in [0.3, 0.4) is 0 Å². The standard InChI is InChI=1S/C15H13N3O2/c1-20-13(19)10-18-15-12(8-5-9-16-15)14(17-18)11-6-3-2-4-7-11/h2-9H,10H2,1H3. The van der Waals surface area contributed by atoms with Crippen LogP contribution in [-0.2, 0) is 16.1 Å². The quantitative estimate of drug-likeness (QED) is 0.683. The fourth-order valence-electron chi connectivity index (χ4n) is 2.12. The summed E-state index contributed by atoms with van der Waals surface area (Å²) in [7, 11) is 1.36. The lowest BCUT2D eigenvalue weighted by Gasteiger charge is -2.00. The van der Waals surface area contributed by atoms with Gasteiger partial charge in [0, 0.05) is 17.1 Å². The van der Waals surface area contributed by atoms with Gasteiger partial charge in [0.05, 0.1) is 7.11 Å². The lowest BCUT2D eigenvalue weighted by molar-refractivity contribution is -0.141. The molecule has 0 bridgehead atoms. The fourth-order valence-corrected chi connectivity index (χ4v) is 2.12. The van der Waals surface area contributed by atoms with E-state index in [1.807, 2.05) is 42.5 Å². The van der Waals surface area contributed by atoms with E-state index in [1.165, 1.54) is 7.11 Å². The third-order valence-corrected chi connectivity index (χ3v) is 3.06. The Morgan fingerprint density at radius 1 is 1.20 bits per heavy atom. The Morgan fingerprint density at radius 2 is 2.00 bits per heavy atom. The summed E-state index contributed by atoms with van der Waals surface area (Å²) in [6.07, 6.45) is 1.69. The van der Waals surface area contributed by atoms with Gasteiger partial charge in [0.2, 0.25) is 0 Å². The summed E-state index contributed by atoms with van der Waals surface area (Å²) < 4.78 is 6.26. The number of methoxy groups -OCH3 is 1. The molecule has 2 aromatic heterocycles. The molecule has 0 atom stereocenters. The zero-order valence-corrected chi connectivity index (χ0v) is 11.0. The first kappa shape index (κ1) is 12.3. The summed E-state index contributed by atoms with van der Waals surface area (Å²) in [5.74, 6) is -0.348. The average molecular weight is 267 g/mol. The number of rotatable bonds is 3. The van der Waals surface area contributed by atoms with Crippen molar-refractivity contribution in [2.45, 2.75) is 6.54 Å². The van der Waals surface area contributed by atoms with Crippen molar-refractivity contribution in [2.24, 2.45) is 0 Å². The van der Waals surface area contributed by atoms with Gasteiger partial charge in [-0.2, -0.15) is 5.10 Å². The van der Waals surface area contributed by atoms with Crippen molar-refractivity contribution in [3.8, 4) is 11.3 Å². The smallest absolute Gasteiger partial charge is 0.327 e. The highest BCUT2D eigenvalue weighted by Gasteiger charge is 2.14. The van der Waals surface area contributed by atoms with Crippen LogP contribution in [0.2, 0.25) is 0 Å². The number of hydrogen-bond donors (Lipinski definition) is 0. The molecule has 3 aromatic rings. The Kier molecular flexibility index (Phi) is 3.16. The highest BCUT2D eigenvalue weighted by Crippen LogP contribution is 2.26. The van der Waals surface area contributed by atoms with E-state index < -0.39 is 0 Å². The first-order valence-electron chi connectivity index (χ1n) is 6.23. The van der Waals surface area contributed by atoms with E-state index >= 15 is 0 Å². The van der Waals surface area contributed by atoms with Gasteiger partial charge in [-0.05, 0) is 12.1 Å². The van der Waals surface area contributed by atoms with Crippen molar-refractivity contribution in [1.29, 1.82) is 0 Å². The van der Waals surface area contributed by atoms with Gasteiger partial charge in [-0.3, -0.25) is 4.79 Å². The molecule has 0 fully saturated rings. The van der Waals surface area contributed by atoms with Crippen molar-refractivity contribution < 1.29 is 9.53 Å². The molecular weight excluding hydrogens is 254 g/mol. The van der Waals surface area contributed by atoms with Crippen LogP contribution in [-0.4, -0.2) is 27.8 Å². The van der Waals surface area contributed by atoms with Crippen LogP contribution < -0.4 is 0 Å². The molecule has 0 unspecified atom stereocenters. The molecule has 5 nitrogen and oxygen atoms in total. The molecule has 0 aliphatic rings. The van der Waals surface area contributed by atoms with Gasteiger partial charge < -0.3 is 4.74 Å². The van der Waals surface area contributed by atoms with Gasteiger partial charge in [0.15, 0.2) is 5.65 Å². The number of esters is 1. The number of carbonyl (C=O) groups excluding carboxylic acids is 1. The lowest BCUT2D eigenvalue weighted by atomic mass is 10.1. The van der Waals surface area contributed by atoms with E-state index in [-0.39, 0.29) is 12.5 Å². The number of pyridine rings is 1. The number of ether oxygens (including phenoxy) is 1. The van der Waals surface area contributed by atoms with Gasteiger partial charge in [0.1, 0.15) is 12.2 Å². The van der Waals surface area contributed by atoms with Gasteiger partial charge >= 0.3 is 5.97 Å². The largest absolute Gasteiger partial charge is 0.468 e. The first-order valence-corrected chi connectivity index (χ1v) is 6.23. The monoisotopic (exact) mass is 267 g/mol. The Bertz CT molecular complexity index is 750. The van der Waals surface area contributed by atoms with E-state index in [4.69, 9.17) is 4.74 Å². The molecule has 1 aromatic carbocycles. The zero-order chi connectivity index (χ0) is 13.9. The molecule has 0 saturated heterocycles. The normalized spacial score (nSPS) is 10.7. The van der Waals surface area contributed by atoms with Gasteiger partial charge in [-0.15, -0.1) is 0 Å². The Morgan fingerprint density at radius 3 is 2.75 bits per heavy atom. The van der Waals surface area contributed by atoms with Gasteiger partial charge in [0.25, 0.3) is 0 Å². The van der Waals surface area contributed by atoms with Gasteiger partial charge in [-0.25, -0.2) is 9.67 Å². The fraction of sp³-hybridized carbons (Fsp3) is 0.133. The number of carbonyl (C=O) groups is 1. The Hall–Kier alpha value is -2.69. The molecule has 5 heteroatoms. The molecule has 20 heavy (non-hydrogen) atoms. The van der Waals surface area contributed by atoms with Crippen LogP contribution >= 0.6 is 0 Å². The van der Waals surface area contributed by atoms with E-state index in [9.17, 15) is 4.79 Å². The predicted octanol–water partition coefficient (Wildman–Crippen LogP) is 2.27. The van der Waals surface area contributed by atoms with Crippen molar-refractivity contribution in [2.75, 3.05) is 7.11 Å². The minimum atomic E-state index is -0.348. The maximum absolute atomic E-state index is 11.5. The topological polar surface area (TPSA) is 57.0 Å². The van der Waals surface area contributed by atoms with Crippen molar-refractivity contribution in [3.63, 3.8) is 0 Å². The minimum Gasteiger partial charge on any atom is -0.468 e. The predicted molar refractivity (Wildman–Crippen MR) is 75.0 cm³/mol. The number of hydrogen-bond acceptors (Lipinski definition) is 4. The average Bonchev–Trinajstić information content (AvgIpc) is 2.87. The highest BCUT2D eigenvalue weighted by molar-refractivity contribution is 5.91. The van der Waals surface area contributed by atoms with Crippen LogP contribution in [0, 0.1) is 0 Å². The summed E-state index contributed by atoms with van der Waals surface area (Å²) in [5, 5.41) is 5.42. The number of fused-ring (bicyclic) bond motifs is 1. The van der Waals surface area contributed by atoms with Crippen LogP contribution in [0.15, 0.2) is 48.7 Å². The molecule has 3 rings (SSSR count). The molecule has 0 radical (unpaired) electrons. The summed E-state index contributed by atoms with van der Waals surface area (Å²) in [6.45, 7) is 0.0524. The van der Waals surface area contributed by atoms with Crippen LogP contribution in [0.4, 0.5) is 0 Å². The maximum atomic E-state index is 11.5. The number of nitrogens with zero attached hydrogens (tertiary/aromatic N) is 3. The van der Waals surface area contributed by atoms with Gasteiger partial charge in [-0.1, -0.05) is 30.3 Å². The van der Waals surface area contributed by atoms with E-state index in [0.29, 0.717) is 5.65 Å². The Labute approximate surface area is 115 Å².